The Morgan fingerprint density at radius 3 is 2.58 bits per heavy atom. The third kappa shape index (κ3) is 3.59. The van der Waals surface area contributed by atoms with Gasteiger partial charge < -0.3 is 4.90 Å². The van der Waals surface area contributed by atoms with Crippen LogP contribution in [0.4, 0.5) is 0 Å². The number of hydrogen-bond donors (Lipinski definition) is 1. The van der Waals surface area contributed by atoms with Crippen LogP contribution in [0, 0.1) is 6.92 Å². The number of halogens is 1. The second-order valence-corrected chi connectivity index (χ2v) is 9.36. The molecule has 8 heteroatoms. The van der Waals surface area contributed by atoms with Gasteiger partial charge in [-0.3, -0.25) is 4.79 Å². The van der Waals surface area contributed by atoms with Gasteiger partial charge in [0.15, 0.2) is 0 Å². The third-order valence-corrected chi connectivity index (χ3v) is 6.62. The molecule has 3 rings (SSSR count). The van der Waals surface area contributed by atoms with Gasteiger partial charge in [-0.1, -0.05) is 23.7 Å². The van der Waals surface area contributed by atoms with Crippen molar-refractivity contribution in [1.29, 1.82) is 0 Å². The molecule has 0 spiro atoms. The molecule has 0 bridgehead atoms. The number of nitrogens with zero attached hydrogens (tertiary/aromatic N) is 1. The molecule has 0 atom stereocenters. The smallest absolute Gasteiger partial charge is 0.265 e. The number of sulfonamides is 1. The van der Waals surface area contributed by atoms with Crippen LogP contribution in [0.25, 0.3) is 10.1 Å². The molecule has 0 aliphatic carbocycles. The van der Waals surface area contributed by atoms with Crippen molar-refractivity contribution < 1.29 is 13.2 Å². The number of benzene rings is 1. The van der Waals surface area contributed by atoms with Crippen LogP contribution in [0.5, 0.6) is 0 Å². The van der Waals surface area contributed by atoms with Crippen LogP contribution < -0.4 is 4.72 Å². The van der Waals surface area contributed by atoms with E-state index in [-0.39, 0.29) is 11.9 Å². The summed E-state index contributed by atoms with van der Waals surface area (Å²) >= 11 is 7.88. The monoisotopic (exact) mass is 386 g/mol. The molecule has 1 saturated heterocycles. The Morgan fingerprint density at radius 1 is 1.33 bits per heavy atom. The summed E-state index contributed by atoms with van der Waals surface area (Å²) in [5.41, 5.74) is 1.06. The van der Waals surface area contributed by atoms with Crippen LogP contribution in [0.2, 0.25) is 5.02 Å². The number of hydrogen-bond acceptors (Lipinski definition) is 4. The van der Waals surface area contributed by atoms with Crippen molar-refractivity contribution in [2.45, 2.75) is 25.8 Å². The van der Waals surface area contributed by atoms with Crippen LogP contribution in [-0.2, 0) is 10.0 Å². The number of nitrogens with one attached hydrogen (secondary N) is 1. The Kier molecular flexibility index (Phi) is 4.88. The van der Waals surface area contributed by atoms with Crippen molar-refractivity contribution >= 4 is 49.0 Å². The van der Waals surface area contributed by atoms with E-state index >= 15 is 0 Å². The number of carbonyl (C=O) groups excluding carboxylic acids is 1. The van der Waals surface area contributed by atoms with E-state index in [9.17, 15) is 13.2 Å². The number of thiophene rings is 1. The number of rotatable bonds is 3. The molecule has 2 heterocycles. The first kappa shape index (κ1) is 17.7. The summed E-state index contributed by atoms with van der Waals surface area (Å²) in [6.07, 6.45) is 2.38. The highest BCUT2D eigenvalue weighted by atomic mass is 35.5. The molecule has 1 amide bonds. The molecule has 0 saturated carbocycles. The first-order valence-corrected chi connectivity index (χ1v) is 10.8. The summed E-state index contributed by atoms with van der Waals surface area (Å²) in [4.78, 5) is 15.1. The van der Waals surface area contributed by atoms with Gasteiger partial charge in [0.1, 0.15) is 4.88 Å². The van der Waals surface area contributed by atoms with E-state index in [1.807, 2.05) is 25.1 Å². The van der Waals surface area contributed by atoms with Crippen molar-refractivity contribution in [2.24, 2.45) is 0 Å². The largest absolute Gasteiger partial charge is 0.338 e. The standard InChI is InChI=1S/C16H19ClN2O3S2/c1-10-4-3-5-12-13(10)14(17)15(23-12)16(20)19-8-6-11(7-9-19)18-24(2,21)22/h3-5,11,18H,6-9H2,1-2H3. The van der Waals surface area contributed by atoms with Crippen molar-refractivity contribution in [3.63, 3.8) is 0 Å². The normalized spacial score (nSPS) is 16.7. The topological polar surface area (TPSA) is 66.5 Å². The minimum atomic E-state index is -3.21. The van der Waals surface area contributed by atoms with E-state index < -0.39 is 10.0 Å². The molecule has 0 radical (unpaired) electrons. The molecule has 0 unspecified atom stereocenters. The van der Waals surface area contributed by atoms with E-state index in [1.165, 1.54) is 11.3 Å². The summed E-state index contributed by atoms with van der Waals surface area (Å²) in [5, 5.41) is 1.47. The Bertz CT molecular complexity index is 884. The number of fused-ring (bicyclic) bond motifs is 1. The fraction of sp³-hybridized carbons (Fsp3) is 0.438. The molecule has 1 fully saturated rings. The molecule has 2 aromatic rings. The molecular formula is C16H19ClN2O3S2. The van der Waals surface area contributed by atoms with Crippen LogP contribution in [0.15, 0.2) is 18.2 Å². The summed E-state index contributed by atoms with van der Waals surface area (Å²) in [6.45, 7) is 3.03. The molecule has 1 N–H and O–H groups in total. The van der Waals surface area contributed by atoms with Crippen LogP contribution in [0.3, 0.4) is 0 Å². The first-order chi connectivity index (χ1) is 11.3. The van der Waals surface area contributed by atoms with Gasteiger partial charge in [0.2, 0.25) is 10.0 Å². The van der Waals surface area contributed by atoms with Gasteiger partial charge in [-0.2, -0.15) is 0 Å². The van der Waals surface area contributed by atoms with E-state index in [2.05, 4.69) is 4.72 Å². The Balaban J connectivity index is 1.77. The molecule has 5 nitrogen and oxygen atoms in total. The predicted molar refractivity (Wildman–Crippen MR) is 98.5 cm³/mol. The van der Waals surface area contributed by atoms with E-state index in [0.717, 1.165) is 21.9 Å². The van der Waals surface area contributed by atoms with E-state index in [4.69, 9.17) is 11.6 Å². The second kappa shape index (κ2) is 6.63. The minimum absolute atomic E-state index is 0.0709. The van der Waals surface area contributed by atoms with Crippen LogP contribution in [-0.4, -0.2) is 44.6 Å². The fourth-order valence-corrected chi connectivity index (χ4v) is 5.54. The maximum absolute atomic E-state index is 12.8. The van der Waals surface area contributed by atoms with Gasteiger partial charge in [0.25, 0.3) is 5.91 Å². The molecule has 1 aliphatic rings. The third-order valence-electron chi connectivity index (χ3n) is 4.22. The van der Waals surface area contributed by atoms with Crippen molar-refractivity contribution in [3.05, 3.63) is 33.7 Å². The lowest BCUT2D eigenvalue weighted by atomic mass is 10.1. The SMILES string of the molecule is Cc1cccc2sc(C(=O)N3CCC(NS(C)(=O)=O)CC3)c(Cl)c12. The fourth-order valence-electron chi connectivity index (χ4n) is 3.06. The van der Waals surface area contributed by atoms with E-state index in [0.29, 0.717) is 35.8 Å². The van der Waals surface area contributed by atoms with Gasteiger partial charge in [0.05, 0.1) is 11.3 Å². The van der Waals surface area contributed by atoms with Gasteiger partial charge in [-0.05, 0) is 31.4 Å². The zero-order valence-electron chi connectivity index (χ0n) is 13.5. The summed E-state index contributed by atoms with van der Waals surface area (Å²) < 4.78 is 26.2. The highest BCUT2D eigenvalue weighted by Gasteiger charge is 2.28. The Morgan fingerprint density at radius 2 is 2.00 bits per heavy atom. The maximum atomic E-state index is 12.8. The number of likely N-dealkylation sites (tertiary alicyclic amines) is 1. The highest BCUT2D eigenvalue weighted by Crippen LogP contribution is 2.38. The molecule has 1 aliphatic heterocycles. The minimum Gasteiger partial charge on any atom is -0.338 e. The van der Waals surface area contributed by atoms with Gasteiger partial charge in [0, 0.05) is 29.2 Å². The highest BCUT2D eigenvalue weighted by molar-refractivity contribution is 7.88. The summed E-state index contributed by atoms with van der Waals surface area (Å²) in [6, 6.07) is 5.81. The van der Waals surface area contributed by atoms with Crippen LogP contribution in [0.1, 0.15) is 28.1 Å². The lowest BCUT2D eigenvalue weighted by molar-refractivity contribution is 0.0716. The Labute approximate surface area is 150 Å². The lowest BCUT2D eigenvalue weighted by Gasteiger charge is -2.31. The molecule has 1 aromatic heterocycles. The van der Waals surface area contributed by atoms with Gasteiger partial charge in [-0.15, -0.1) is 11.3 Å². The number of carbonyl (C=O) groups is 1. The first-order valence-electron chi connectivity index (χ1n) is 7.70. The molecule has 1 aromatic carbocycles. The zero-order chi connectivity index (χ0) is 17.5. The van der Waals surface area contributed by atoms with Crippen LogP contribution >= 0.6 is 22.9 Å². The quantitative estimate of drug-likeness (QED) is 0.881. The molecule has 24 heavy (non-hydrogen) atoms. The average molecular weight is 387 g/mol. The van der Waals surface area contributed by atoms with Crippen molar-refractivity contribution in [3.8, 4) is 0 Å². The predicted octanol–water partition coefficient (Wildman–Crippen LogP) is 3.02. The maximum Gasteiger partial charge on any atom is 0.265 e. The van der Waals surface area contributed by atoms with Gasteiger partial charge in [-0.25, -0.2) is 13.1 Å². The lowest BCUT2D eigenvalue weighted by Crippen LogP contribution is -2.46. The number of aryl methyl sites for hydroxylation is 1. The van der Waals surface area contributed by atoms with Crippen molar-refractivity contribution in [1.82, 2.24) is 9.62 Å². The molecular weight excluding hydrogens is 368 g/mol. The zero-order valence-corrected chi connectivity index (χ0v) is 15.9. The van der Waals surface area contributed by atoms with E-state index in [1.54, 1.807) is 4.90 Å². The van der Waals surface area contributed by atoms with Gasteiger partial charge >= 0.3 is 0 Å². The van der Waals surface area contributed by atoms with Crippen molar-refractivity contribution in [2.75, 3.05) is 19.3 Å². The summed E-state index contributed by atoms with van der Waals surface area (Å²) in [7, 11) is -3.21. The Hall–Kier alpha value is -1.15. The number of piperidine rings is 1. The number of amides is 1. The molecule has 130 valence electrons. The summed E-state index contributed by atoms with van der Waals surface area (Å²) in [5.74, 6) is -0.0709. The second-order valence-electron chi connectivity index (χ2n) is 6.15. The average Bonchev–Trinajstić information content (AvgIpc) is 2.84.